The number of hydrogen-bond donors (Lipinski definition) is 1. The smallest absolute Gasteiger partial charge is 0.137 e. The molecule has 1 aromatic rings. The quantitative estimate of drug-likeness (QED) is 0.631. The van der Waals surface area contributed by atoms with E-state index in [4.69, 9.17) is 5.73 Å². The van der Waals surface area contributed by atoms with Crippen LogP contribution in [0.15, 0.2) is 12.7 Å². The molecular formula is C7H12N4. The molecule has 0 saturated heterocycles. The van der Waals surface area contributed by atoms with E-state index in [0.717, 1.165) is 12.8 Å². The summed E-state index contributed by atoms with van der Waals surface area (Å²) in [5.74, 6) is 0. The van der Waals surface area contributed by atoms with E-state index in [0.29, 0.717) is 6.04 Å². The minimum absolute atomic E-state index is 0.275. The largest absolute Gasteiger partial charge is 0.326 e. The molecule has 1 saturated carbocycles. The van der Waals surface area contributed by atoms with Crippen molar-refractivity contribution in [1.82, 2.24) is 14.8 Å². The first-order valence-corrected chi connectivity index (χ1v) is 3.97. The highest BCUT2D eigenvalue weighted by Crippen LogP contribution is 2.27. The van der Waals surface area contributed by atoms with Crippen LogP contribution in [0.1, 0.15) is 25.3 Å². The molecule has 0 aromatic carbocycles. The summed E-state index contributed by atoms with van der Waals surface area (Å²) in [7, 11) is 0. The van der Waals surface area contributed by atoms with E-state index in [9.17, 15) is 0 Å². The van der Waals surface area contributed by atoms with Crippen molar-refractivity contribution < 1.29 is 0 Å². The van der Waals surface area contributed by atoms with Gasteiger partial charge in [0, 0.05) is 6.04 Å². The number of rotatable bonds is 1. The maximum absolute atomic E-state index is 5.88. The maximum Gasteiger partial charge on any atom is 0.137 e. The van der Waals surface area contributed by atoms with Gasteiger partial charge in [0.2, 0.25) is 0 Å². The van der Waals surface area contributed by atoms with E-state index in [-0.39, 0.29) is 6.04 Å². The molecule has 2 rings (SSSR count). The van der Waals surface area contributed by atoms with E-state index >= 15 is 0 Å². The summed E-state index contributed by atoms with van der Waals surface area (Å²) in [6.45, 7) is 0. The molecule has 2 N–H and O–H groups in total. The van der Waals surface area contributed by atoms with E-state index < -0.39 is 0 Å². The van der Waals surface area contributed by atoms with Crippen LogP contribution in [0, 0.1) is 0 Å². The summed E-state index contributed by atoms with van der Waals surface area (Å²) < 4.78 is 1.87. The maximum atomic E-state index is 5.88. The van der Waals surface area contributed by atoms with Crippen LogP contribution in [0.4, 0.5) is 0 Å². The van der Waals surface area contributed by atoms with Crippen molar-refractivity contribution in [3.63, 3.8) is 0 Å². The highest BCUT2D eigenvalue weighted by molar-refractivity contribution is 4.84. The van der Waals surface area contributed by atoms with Crippen LogP contribution in [0.5, 0.6) is 0 Å². The average molecular weight is 152 g/mol. The minimum atomic E-state index is 0.275. The molecule has 1 heterocycles. The van der Waals surface area contributed by atoms with Crippen LogP contribution >= 0.6 is 0 Å². The van der Waals surface area contributed by atoms with E-state index in [2.05, 4.69) is 10.1 Å². The van der Waals surface area contributed by atoms with Gasteiger partial charge in [0.1, 0.15) is 12.7 Å². The molecule has 0 radical (unpaired) electrons. The Hall–Kier alpha value is -0.900. The zero-order valence-corrected chi connectivity index (χ0v) is 6.35. The van der Waals surface area contributed by atoms with Crippen molar-refractivity contribution >= 4 is 0 Å². The van der Waals surface area contributed by atoms with Gasteiger partial charge in [-0.25, -0.2) is 9.67 Å². The highest BCUT2D eigenvalue weighted by atomic mass is 15.3. The fraction of sp³-hybridized carbons (Fsp3) is 0.714. The molecule has 2 unspecified atom stereocenters. The lowest BCUT2D eigenvalue weighted by molar-refractivity contribution is 0.420. The normalized spacial score (nSPS) is 31.0. The van der Waals surface area contributed by atoms with Crippen LogP contribution in [-0.2, 0) is 0 Å². The van der Waals surface area contributed by atoms with Gasteiger partial charge in [0.05, 0.1) is 6.04 Å². The second-order valence-corrected chi connectivity index (χ2v) is 3.04. The van der Waals surface area contributed by atoms with Crippen LogP contribution in [0.2, 0.25) is 0 Å². The molecule has 1 aliphatic carbocycles. The lowest BCUT2D eigenvalue weighted by Gasteiger charge is -2.14. The summed E-state index contributed by atoms with van der Waals surface area (Å²) in [5, 5.41) is 4.07. The first-order valence-electron chi connectivity index (χ1n) is 3.97. The second-order valence-electron chi connectivity index (χ2n) is 3.04. The summed E-state index contributed by atoms with van der Waals surface area (Å²) in [5.41, 5.74) is 5.88. The molecule has 1 fully saturated rings. The molecule has 0 spiro atoms. The molecule has 4 nitrogen and oxygen atoms in total. The highest BCUT2D eigenvalue weighted by Gasteiger charge is 2.25. The van der Waals surface area contributed by atoms with Gasteiger partial charge in [-0.1, -0.05) is 0 Å². The molecular weight excluding hydrogens is 140 g/mol. The van der Waals surface area contributed by atoms with Gasteiger partial charge in [0.25, 0.3) is 0 Å². The van der Waals surface area contributed by atoms with Crippen molar-refractivity contribution in [3.05, 3.63) is 12.7 Å². The van der Waals surface area contributed by atoms with Crippen molar-refractivity contribution in [2.75, 3.05) is 0 Å². The Morgan fingerprint density at radius 1 is 1.45 bits per heavy atom. The summed E-state index contributed by atoms with van der Waals surface area (Å²) >= 11 is 0. The first-order chi connectivity index (χ1) is 5.38. The molecule has 4 heteroatoms. The molecule has 0 aliphatic heterocycles. The first kappa shape index (κ1) is 6.79. The minimum Gasteiger partial charge on any atom is -0.326 e. The Bertz CT molecular complexity index is 218. The predicted molar refractivity (Wildman–Crippen MR) is 40.9 cm³/mol. The van der Waals surface area contributed by atoms with Gasteiger partial charge in [-0.3, -0.25) is 0 Å². The zero-order chi connectivity index (χ0) is 7.68. The zero-order valence-electron chi connectivity index (χ0n) is 6.35. The molecule has 0 bridgehead atoms. The van der Waals surface area contributed by atoms with Crippen LogP contribution < -0.4 is 5.73 Å². The van der Waals surface area contributed by atoms with Crippen molar-refractivity contribution in [1.29, 1.82) is 0 Å². The van der Waals surface area contributed by atoms with Gasteiger partial charge in [-0.15, -0.1) is 0 Å². The number of aromatic nitrogens is 3. The molecule has 1 aliphatic rings. The average Bonchev–Trinajstić information content (AvgIpc) is 2.55. The second kappa shape index (κ2) is 2.62. The molecule has 11 heavy (non-hydrogen) atoms. The molecule has 60 valence electrons. The van der Waals surface area contributed by atoms with Gasteiger partial charge >= 0.3 is 0 Å². The lowest BCUT2D eigenvalue weighted by Crippen LogP contribution is -2.27. The number of nitrogens with two attached hydrogens (primary N) is 1. The SMILES string of the molecule is NC1CCCC1n1cncn1. The summed E-state index contributed by atoms with van der Waals surface area (Å²) in [4.78, 5) is 3.90. The molecule has 0 amide bonds. The van der Waals surface area contributed by atoms with E-state index in [1.54, 1.807) is 12.7 Å². The third-order valence-corrected chi connectivity index (χ3v) is 2.31. The van der Waals surface area contributed by atoms with Crippen LogP contribution in [0.3, 0.4) is 0 Å². The van der Waals surface area contributed by atoms with Gasteiger partial charge in [0.15, 0.2) is 0 Å². The Balaban J connectivity index is 2.16. The number of nitrogens with zero attached hydrogens (tertiary/aromatic N) is 3. The molecule has 2 atom stereocenters. The Kier molecular flexibility index (Phi) is 1.62. The number of hydrogen-bond acceptors (Lipinski definition) is 3. The summed E-state index contributed by atoms with van der Waals surface area (Å²) in [6.07, 6.45) is 6.78. The third-order valence-electron chi connectivity index (χ3n) is 2.31. The standard InChI is InChI=1S/C7H12N4/c8-6-2-1-3-7(6)11-5-9-4-10-11/h4-7H,1-3,8H2. The van der Waals surface area contributed by atoms with Crippen LogP contribution in [-0.4, -0.2) is 20.8 Å². The fourth-order valence-electron chi connectivity index (χ4n) is 1.69. The Morgan fingerprint density at radius 2 is 2.36 bits per heavy atom. The van der Waals surface area contributed by atoms with Crippen molar-refractivity contribution in [2.24, 2.45) is 5.73 Å². The van der Waals surface area contributed by atoms with Gasteiger partial charge in [-0.05, 0) is 19.3 Å². The predicted octanol–water partition coefficient (Wildman–Crippen LogP) is 0.330. The van der Waals surface area contributed by atoms with Crippen molar-refractivity contribution in [2.45, 2.75) is 31.3 Å². The molecule has 1 aromatic heterocycles. The monoisotopic (exact) mass is 152 g/mol. The Labute approximate surface area is 65.4 Å². The van der Waals surface area contributed by atoms with Crippen LogP contribution in [0.25, 0.3) is 0 Å². The van der Waals surface area contributed by atoms with E-state index in [1.165, 1.54) is 6.42 Å². The third kappa shape index (κ3) is 1.14. The fourth-order valence-corrected chi connectivity index (χ4v) is 1.69. The van der Waals surface area contributed by atoms with Crippen molar-refractivity contribution in [3.8, 4) is 0 Å². The Morgan fingerprint density at radius 3 is 2.91 bits per heavy atom. The summed E-state index contributed by atoms with van der Waals surface area (Å²) in [6, 6.07) is 0.661. The van der Waals surface area contributed by atoms with E-state index in [1.807, 2.05) is 4.68 Å². The van der Waals surface area contributed by atoms with Gasteiger partial charge in [-0.2, -0.15) is 5.10 Å². The lowest BCUT2D eigenvalue weighted by atomic mass is 10.2. The topological polar surface area (TPSA) is 56.7 Å². The van der Waals surface area contributed by atoms with Gasteiger partial charge < -0.3 is 5.73 Å².